The van der Waals surface area contributed by atoms with Crippen molar-refractivity contribution < 1.29 is 13.9 Å². The van der Waals surface area contributed by atoms with Crippen molar-refractivity contribution in [3.8, 4) is 0 Å². The summed E-state index contributed by atoms with van der Waals surface area (Å²) >= 11 is 0. The second-order valence-electron chi connectivity index (χ2n) is 7.41. The zero-order chi connectivity index (χ0) is 19.5. The van der Waals surface area contributed by atoms with Gasteiger partial charge in [0.05, 0.1) is 6.10 Å². The van der Waals surface area contributed by atoms with Crippen LogP contribution in [-0.2, 0) is 11.4 Å². The fraction of sp³-hybridized carbons (Fsp3) is 0.591. The van der Waals surface area contributed by atoms with E-state index in [2.05, 4.69) is 23.8 Å². The third-order valence-corrected chi connectivity index (χ3v) is 5.11. The average Bonchev–Trinajstić information content (AvgIpc) is 2.69. The Morgan fingerprint density at radius 2 is 1.96 bits per heavy atom. The van der Waals surface area contributed by atoms with Crippen LogP contribution in [0.15, 0.2) is 36.9 Å². The van der Waals surface area contributed by atoms with Gasteiger partial charge in [0.15, 0.2) is 0 Å². The number of rotatable bonds is 11. The molecule has 1 aromatic carbocycles. The Labute approximate surface area is 162 Å². The van der Waals surface area contributed by atoms with Crippen molar-refractivity contribution in [1.82, 2.24) is 10.2 Å². The van der Waals surface area contributed by atoms with Gasteiger partial charge < -0.3 is 15.0 Å². The smallest absolute Gasteiger partial charge is 0.251 e. The number of likely N-dealkylation sites (N-methyl/N-ethyl adjacent to an activating group) is 1. The van der Waals surface area contributed by atoms with Gasteiger partial charge in [-0.1, -0.05) is 18.2 Å². The van der Waals surface area contributed by atoms with Gasteiger partial charge in [0.25, 0.3) is 5.91 Å². The van der Waals surface area contributed by atoms with E-state index in [1.165, 1.54) is 0 Å². The van der Waals surface area contributed by atoms with Gasteiger partial charge in [0.2, 0.25) is 0 Å². The highest BCUT2D eigenvalue weighted by Gasteiger charge is 2.23. The number of benzene rings is 1. The first-order valence-corrected chi connectivity index (χ1v) is 9.99. The third-order valence-electron chi connectivity index (χ3n) is 5.11. The number of halogens is 1. The molecule has 1 aliphatic rings. The number of unbranched alkanes of at least 4 members (excludes halogenated alkanes) is 1. The van der Waals surface area contributed by atoms with Crippen molar-refractivity contribution in [2.75, 3.05) is 26.7 Å². The maximum atomic E-state index is 12.5. The highest BCUT2D eigenvalue weighted by Crippen LogP contribution is 2.22. The van der Waals surface area contributed by atoms with Crippen LogP contribution in [0.25, 0.3) is 0 Å². The number of nitrogens with one attached hydrogen (secondary N) is 1. The van der Waals surface area contributed by atoms with Crippen molar-refractivity contribution in [2.24, 2.45) is 0 Å². The number of hydrogen-bond acceptors (Lipinski definition) is 3. The molecule has 0 heterocycles. The molecule has 1 saturated carbocycles. The van der Waals surface area contributed by atoms with E-state index in [4.69, 9.17) is 4.74 Å². The van der Waals surface area contributed by atoms with Crippen LogP contribution in [0, 0.1) is 0 Å². The number of carbonyl (C=O) groups excluding carboxylic acids is 1. The number of alkyl halides is 1. The predicted molar refractivity (Wildman–Crippen MR) is 108 cm³/mol. The molecule has 1 fully saturated rings. The highest BCUT2D eigenvalue weighted by molar-refractivity contribution is 5.94. The molecule has 1 amide bonds. The number of carbonyl (C=O) groups is 1. The fourth-order valence-electron chi connectivity index (χ4n) is 3.43. The summed E-state index contributed by atoms with van der Waals surface area (Å²) in [5, 5.41) is 3.09. The Balaban J connectivity index is 1.59. The van der Waals surface area contributed by atoms with Crippen molar-refractivity contribution >= 4 is 5.91 Å². The predicted octanol–water partition coefficient (Wildman–Crippen LogP) is 4.11. The van der Waals surface area contributed by atoms with Crippen LogP contribution in [0.2, 0.25) is 0 Å². The Kier molecular flexibility index (Phi) is 9.50. The zero-order valence-corrected chi connectivity index (χ0v) is 16.5. The lowest BCUT2D eigenvalue weighted by Crippen LogP contribution is -2.39. The van der Waals surface area contributed by atoms with Crippen molar-refractivity contribution in [3.05, 3.63) is 48.0 Å². The number of nitrogens with zero attached hydrogens (tertiary/aromatic N) is 1. The van der Waals surface area contributed by atoms with Gasteiger partial charge in [-0.05, 0) is 69.8 Å². The number of ether oxygens (including phenoxy) is 1. The molecule has 27 heavy (non-hydrogen) atoms. The quantitative estimate of drug-likeness (QED) is 0.467. The molecular formula is C22H33FN2O2. The molecule has 0 bridgehead atoms. The van der Waals surface area contributed by atoms with Crippen molar-refractivity contribution in [3.63, 3.8) is 0 Å². The number of hydrogen-bond donors (Lipinski definition) is 1. The standard InChI is InChI=1S/C22H33FN2O2/c1-3-14-25(2)15-4-5-16-27-21-12-10-20(11-13-21)24-22(26)19-8-6-18(17-23)7-9-19/h3,6-9,20-21H,1,4-5,10-17H2,2H3,(H,24,26). The van der Waals surface area contributed by atoms with E-state index in [-0.39, 0.29) is 11.9 Å². The van der Waals surface area contributed by atoms with Crippen molar-refractivity contribution in [2.45, 2.75) is 57.3 Å². The van der Waals surface area contributed by atoms with E-state index in [1.54, 1.807) is 24.3 Å². The van der Waals surface area contributed by atoms with Crippen LogP contribution in [0.5, 0.6) is 0 Å². The average molecular weight is 377 g/mol. The van der Waals surface area contributed by atoms with Gasteiger partial charge in [-0.3, -0.25) is 4.79 Å². The molecule has 5 heteroatoms. The maximum absolute atomic E-state index is 12.5. The lowest BCUT2D eigenvalue weighted by molar-refractivity contribution is 0.0199. The molecule has 0 radical (unpaired) electrons. The Morgan fingerprint density at radius 3 is 2.59 bits per heavy atom. The molecule has 0 aliphatic heterocycles. The Bertz CT molecular complexity index is 568. The molecule has 0 atom stereocenters. The molecule has 0 saturated heterocycles. The second-order valence-corrected chi connectivity index (χ2v) is 7.41. The van der Waals surface area contributed by atoms with Crippen LogP contribution in [0.4, 0.5) is 4.39 Å². The fourth-order valence-corrected chi connectivity index (χ4v) is 3.43. The minimum atomic E-state index is -0.503. The summed E-state index contributed by atoms with van der Waals surface area (Å²) in [5.74, 6) is -0.0755. The largest absolute Gasteiger partial charge is 0.378 e. The summed E-state index contributed by atoms with van der Waals surface area (Å²) in [6.45, 7) is 6.05. The summed E-state index contributed by atoms with van der Waals surface area (Å²) in [6, 6.07) is 6.89. The minimum absolute atomic E-state index is 0.0755. The normalized spacial score (nSPS) is 19.8. The molecule has 0 unspecified atom stereocenters. The van der Waals surface area contributed by atoms with Crippen LogP contribution < -0.4 is 5.32 Å². The SMILES string of the molecule is C=CCN(C)CCCCOC1CCC(NC(=O)c2ccc(CF)cc2)CC1. The third kappa shape index (κ3) is 7.81. The summed E-state index contributed by atoms with van der Waals surface area (Å²) in [4.78, 5) is 14.5. The Hall–Kier alpha value is -1.72. The van der Waals surface area contributed by atoms with Gasteiger partial charge in [0, 0.05) is 24.8 Å². The van der Waals surface area contributed by atoms with Crippen LogP contribution in [0.3, 0.4) is 0 Å². The molecule has 1 aromatic rings. The van der Waals surface area contributed by atoms with Gasteiger partial charge >= 0.3 is 0 Å². The molecule has 150 valence electrons. The topological polar surface area (TPSA) is 41.6 Å². The molecular weight excluding hydrogens is 343 g/mol. The summed E-state index contributed by atoms with van der Waals surface area (Å²) in [6.07, 6.45) is 8.32. The molecule has 4 nitrogen and oxygen atoms in total. The second kappa shape index (κ2) is 11.9. The molecule has 1 aliphatic carbocycles. The van der Waals surface area contributed by atoms with Crippen molar-refractivity contribution in [1.29, 1.82) is 0 Å². The molecule has 0 spiro atoms. The van der Waals surface area contributed by atoms with E-state index < -0.39 is 6.67 Å². The summed E-state index contributed by atoms with van der Waals surface area (Å²) in [7, 11) is 2.10. The Morgan fingerprint density at radius 1 is 1.26 bits per heavy atom. The lowest BCUT2D eigenvalue weighted by Gasteiger charge is -2.29. The first-order valence-electron chi connectivity index (χ1n) is 9.99. The maximum Gasteiger partial charge on any atom is 0.251 e. The first kappa shape index (κ1) is 21.6. The van der Waals surface area contributed by atoms with Gasteiger partial charge in [-0.15, -0.1) is 6.58 Å². The molecule has 0 aromatic heterocycles. The van der Waals surface area contributed by atoms with Gasteiger partial charge in [0.1, 0.15) is 6.67 Å². The number of amides is 1. The molecule has 1 N–H and O–H groups in total. The van der Waals surface area contributed by atoms with E-state index >= 15 is 0 Å². The zero-order valence-electron chi connectivity index (χ0n) is 16.5. The van der Waals surface area contributed by atoms with Crippen LogP contribution in [-0.4, -0.2) is 49.7 Å². The van der Waals surface area contributed by atoms with Gasteiger partial charge in [-0.2, -0.15) is 0 Å². The van der Waals surface area contributed by atoms with Crippen LogP contribution in [0.1, 0.15) is 54.4 Å². The minimum Gasteiger partial charge on any atom is -0.378 e. The highest BCUT2D eigenvalue weighted by atomic mass is 19.1. The molecule has 2 rings (SSSR count). The summed E-state index contributed by atoms with van der Waals surface area (Å²) in [5.41, 5.74) is 1.18. The monoisotopic (exact) mass is 376 g/mol. The summed E-state index contributed by atoms with van der Waals surface area (Å²) < 4.78 is 18.5. The van der Waals surface area contributed by atoms with E-state index in [1.807, 2.05) is 6.08 Å². The lowest BCUT2D eigenvalue weighted by atomic mass is 9.92. The van der Waals surface area contributed by atoms with Gasteiger partial charge in [-0.25, -0.2) is 4.39 Å². The van der Waals surface area contributed by atoms with E-state index in [0.29, 0.717) is 17.2 Å². The first-order chi connectivity index (χ1) is 13.1. The van der Waals surface area contributed by atoms with E-state index in [9.17, 15) is 9.18 Å². The van der Waals surface area contributed by atoms with E-state index in [0.717, 1.165) is 58.2 Å². The van der Waals surface area contributed by atoms with Crippen LogP contribution >= 0.6 is 0 Å².